The molecular formula is C18H25N3O2. The van der Waals surface area contributed by atoms with Crippen LogP contribution in [0.25, 0.3) is 0 Å². The number of nitrogens with two attached hydrogens (primary N) is 1. The quantitative estimate of drug-likeness (QED) is 0.799. The first kappa shape index (κ1) is 11.4. The molecular weight excluding hydrogens is 290 g/mol. The Balaban J connectivity index is 1.49. The third-order valence-electron chi connectivity index (χ3n) is 6.94. The summed E-state index contributed by atoms with van der Waals surface area (Å²) in [6, 6.07) is -2.49. The Morgan fingerprint density at radius 1 is 1.30 bits per heavy atom. The minimum Gasteiger partial charge on any atom is -0.390 e. The summed E-state index contributed by atoms with van der Waals surface area (Å²) in [6.45, 7) is 0. The first-order valence-electron chi connectivity index (χ1n) is 10.2. The van der Waals surface area contributed by atoms with E-state index in [0.717, 1.165) is 37.0 Å². The topological polar surface area (TPSA) is 90.4 Å². The Kier molecular flexibility index (Phi) is 2.13. The number of likely N-dealkylation sites (tertiary alicyclic amines) is 1. The highest BCUT2D eigenvalue weighted by atomic mass is 16.3. The van der Waals surface area contributed by atoms with Crippen LogP contribution in [0.4, 0.5) is 0 Å². The molecule has 0 aromatic heterocycles. The van der Waals surface area contributed by atoms with Gasteiger partial charge in [0.25, 0.3) is 0 Å². The molecule has 2 unspecified atom stereocenters. The summed E-state index contributed by atoms with van der Waals surface area (Å²) in [5.74, 6) is -1.04. The van der Waals surface area contributed by atoms with Crippen molar-refractivity contribution in [3.63, 3.8) is 0 Å². The van der Waals surface area contributed by atoms with Crippen molar-refractivity contribution in [1.82, 2.24) is 4.90 Å². The lowest BCUT2D eigenvalue weighted by atomic mass is 9.46. The molecule has 0 radical (unpaired) electrons. The molecule has 6 rings (SSSR count). The number of carbonyl (C=O) groups excluding carboxylic acids is 1. The number of hydrogen-bond donors (Lipinski definition) is 2. The molecule has 1 amide bonds. The van der Waals surface area contributed by atoms with Gasteiger partial charge in [0, 0.05) is 7.39 Å². The molecule has 1 saturated heterocycles. The average Bonchev–Trinajstić information content (AvgIpc) is 2.97. The maximum atomic E-state index is 13.4. The number of aliphatic hydroxyl groups is 1. The monoisotopic (exact) mass is 318 g/mol. The molecule has 124 valence electrons. The summed E-state index contributed by atoms with van der Waals surface area (Å²) in [5.41, 5.74) is 5.21. The van der Waals surface area contributed by atoms with Crippen LogP contribution in [0.1, 0.15) is 55.5 Å². The van der Waals surface area contributed by atoms with E-state index >= 15 is 0 Å². The molecule has 3 N–H and O–H groups in total. The number of amides is 1. The van der Waals surface area contributed by atoms with Crippen molar-refractivity contribution in [3.8, 4) is 6.07 Å². The zero-order valence-electron chi connectivity index (χ0n) is 16.2. The lowest BCUT2D eigenvalue weighted by Gasteiger charge is -2.61. The summed E-state index contributed by atoms with van der Waals surface area (Å²) < 4.78 is 25.2. The third kappa shape index (κ3) is 1.88. The van der Waals surface area contributed by atoms with Crippen LogP contribution >= 0.6 is 0 Å². The predicted octanol–water partition coefficient (Wildman–Crippen LogP) is 1.16. The Morgan fingerprint density at radius 2 is 2.00 bits per heavy atom. The number of carbonyl (C=O) groups is 1. The van der Waals surface area contributed by atoms with Crippen LogP contribution in [0.3, 0.4) is 0 Å². The fourth-order valence-electron chi connectivity index (χ4n) is 6.41. The first-order valence-corrected chi connectivity index (χ1v) is 8.72. The fraction of sp³-hybridized carbons (Fsp3) is 0.889. The zero-order valence-corrected chi connectivity index (χ0v) is 13.2. The predicted molar refractivity (Wildman–Crippen MR) is 82.8 cm³/mol. The van der Waals surface area contributed by atoms with Crippen molar-refractivity contribution in [2.24, 2.45) is 28.9 Å². The van der Waals surface area contributed by atoms with Crippen molar-refractivity contribution >= 4 is 5.91 Å². The average molecular weight is 318 g/mol. The van der Waals surface area contributed by atoms with Crippen LogP contribution in [-0.4, -0.2) is 39.6 Å². The summed E-state index contributed by atoms with van der Waals surface area (Å²) in [7, 11) is 0. The number of nitriles is 1. The maximum Gasteiger partial charge on any atom is 0.241 e. The van der Waals surface area contributed by atoms with Crippen molar-refractivity contribution in [2.75, 3.05) is 0 Å². The Hall–Kier alpha value is -1.12. The van der Waals surface area contributed by atoms with Crippen LogP contribution in [-0.2, 0) is 4.79 Å². The van der Waals surface area contributed by atoms with Crippen LogP contribution in [0, 0.1) is 34.5 Å². The van der Waals surface area contributed by atoms with E-state index in [0.29, 0.717) is 18.3 Å². The van der Waals surface area contributed by atoms with Crippen LogP contribution in [0.15, 0.2) is 0 Å². The highest BCUT2D eigenvalue weighted by molar-refractivity contribution is 5.84. The van der Waals surface area contributed by atoms with Gasteiger partial charge in [-0.25, -0.2) is 0 Å². The number of rotatable bonds is 2. The molecule has 5 heteroatoms. The van der Waals surface area contributed by atoms with Gasteiger partial charge >= 0.3 is 0 Å². The van der Waals surface area contributed by atoms with Gasteiger partial charge in [-0.2, -0.15) is 5.26 Å². The molecule has 0 aromatic rings. The molecule has 4 bridgehead atoms. The first-order chi connectivity index (χ1) is 12.0. The Labute approximate surface area is 141 Å². The van der Waals surface area contributed by atoms with Crippen LogP contribution in [0.2, 0.25) is 0 Å². The van der Waals surface area contributed by atoms with Gasteiger partial charge in [-0.05, 0) is 74.5 Å². The summed E-state index contributed by atoms with van der Waals surface area (Å²) in [5, 5.41) is 20.4. The second-order valence-corrected chi connectivity index (χ2v) is 8.66. The van der Waals surface area contributed by atoms with E-state index in [1.54, 1.807) is 0 Å². The van der Waals surface area contributed by atoms with E-state index in [1.165, 1.54) is 0 Å². The van der Waals surface area contributed by atoms with Crippen molar-refractivity contribution in [3.05, 3.63) is 0 Å². The normalized spacial score (nSPS) is 65.3. The van der Waals surface area contributed by atoms with E-state index < -0.39 is 40.9 Å². The van der Waals surface area contributed by atoms with Gasteiger partial charge in [0.15, 0.2) is 0 Å². The largest absolute Gasteiger partial charge is 0.390 e. The smallest absolute Gasteiger partial charge is 0.241 e. The standard InChI is InChI=1S/C18H25N3O2/c19-8-13-2-12-3-14(12)21(13)16(22)15(20)17-4-10-1-11(5-17)7-18(23,6-10)9-17/h10-15,23H,1-7,9,20H2/t10?,11?,12-,13+,14+,15-,17?,18?/m1/s1/i12D,13D,14D. The minimum atomic E-state index is -1.89. The second kappa shape index (κ2) is 4.29. The SMILES string of the molecule is [2H][C@]12C[C@@]([2H])(C#N)N(C(=O)[C@@H](N)C34CC5CC(CC(O)(C5)C3)C4)[C@@]1([2H])C2. The van der Waals surface area contributed by atoms with Gasteiger partial charge in [0.1, 0.15) is 6.02 Å². The van der Waals surface area contributed by atoms with Gasteiger partial charge < -0.3 is 15.7 Å². The van der Waals surface area contributed by atoms with Gasteiger partial charge in [-0.1, -0.05) is 0 Å². The summed E-state index contributed by atoms with van der Waals surface area (Å²) in [6.07, 6.45) is 4.74. The van der Waals surface area contributed by atoms with Crippen molar-refractivity contribution < 1.29 is 14.0 Å². The molecule has 23 heavy (non-hydrogen) atoms. The molecule has 6 atom stereocenters. The molecule has 5 aliphatic carbocycles. The third-order valence-corrected chi connectivity index (χ3v) is 6.94. The van der Waals surface area contributed by atoms with Crippen LogP contribution in [0.5, 0.6) is 0 Å². The highest BCUT2D eigenvalue weighted by Crippen LogP contribution is 2.63. The molecule has 1 heterocycles. The lowest BCUT2D eigenvalue weighted by Crippen LogP contribution is -2.64. The van der Waals surface area contributed by atoms with E-state index in [2.05, 4.69) is 0 Å². The van der Waals surface area contributed by atoms with Crippen molar-refractivity contribution in [2.45, 2.75) is 75.0 Å². The maximum absolute atomic E-state index is 13.4. The molecule has 5 nitrogen and oxygen atoms in total. The van der Waals surface area contributed by atoms with E-state index in [4.69, 9.17) is 9.85 Å². The van der Waals surface area contributed by atoms with E-state index in [1.807, 2.05) is 6.07 Å². The number of fused-ring (bicyclic) bond motifs is 1. The number of piperidine rings is 1. The second-order valence-electron chi connectivity index (χ2n) is 8.66. The fourth-order valence-corrected chi connectivity index (χ4v) is 6.41. The lowest BCUT2D eigenvalue weighted by molar-refractivity contribution is -0.177. The molecule has 0 aromatic carbocycles. The molecule has 6 aliphatic rings. The summed E-state index contributed by atoms with van der Waals surface area (Å²) >= 11 is 0. The molecule has 6 fully saturated rings. The Morgan fingerprint density at radius 3 is 2.61 bits per heavy atom. The van der Waals surface area contributed by atoms with Gasteiger partial charge in [-0.3, -0.25) is 4.79 Å². The van der Waals surface area contributed by atoms with Gasteiger partial charge in [0.2, 0.25) is 5.91 Å². The summed E-state index contributed by atoms with van der Waals surface area (Å²) in [4.78, 5) is 14.4. The van der Waals surface area contributed by atoms with Crippen molar-refractivity contribution in [1.29, 1.82) is 5.26 Å². The zero-order chi connectivity index (χ0) is 18.8. The van der Waals surface area contributed by atoms with Gasteiger partial charge in [0.05, 0.1) is 20.5 Å². The van der Waals surface area contributed by atoms with E-state index in [9.17, 15) is 15.2 Å². The molecule has 1 aliphatic heterocycles. The minimum absolute atomic E-state index is 0.124. The number of hydrogen-bond acceptors (Lipinski definition) is 4. The number of nitrogens with zero attached hydrogens (tertiary/aromatic N) is 2. The molecule has 5 saturated carbocycles. The van der Waals surface area contributed by atoms with E-state index in [-0.39, 0.29) is 12.8 Å². The van der Waals surface area contributed by atoms with Crippen LogP contribution < -0.4 is 5.73 Å². The van der Waals surface area contributed by atoms with Gasteiger partial charge in [-0.15, -0.1) is 0 Å². The molecule has 0 spiro atoms. The Bertz CT molecular complexity index is 742. The highest BCUT2D eigenvalue weighted by Gasteiger charge is 2.62.